The molecule has 1 rings (SSSR count). The number of carbonyl (C=O) groups is 3. The first-order valence-electron chi connectivity index (χ1n) is 10.9. The van der Waals surface area contributed by atoms with E-state index in [0.717, 1.165) is 16.7 Å². The summed E-state index contributed by atoms with van der Waals surface area (Å²) in [5.74, 6) is -0.576. The monoisotopic (exact) mass is 433 g/mol. The maximum Gasteiger partial charge on any atom is 0.408 e. The second kappa shape index (κ2) is 11.2. The molecule has 31 heavy (non-hydrogen) atoms. The fourth-order valence-corrected chi connectivity index (χ4v) is 3.29. The van der Waals surface area contributed by atoms with E-state index < -0.39 is 23.8 Å². The number of aryl methyl sites for hydroxylation is 1. The molecule has 7 nitrogen and oxygen atoms in total. The van der Waals surface area contributed by atoms with E-state index in [0.29, 0.717) is 13.0 Å². The average molecular weight is 434 g/mol. The lowest BCUT2D eigenvalue weighted by atomic mass is 9.95. The van der Waals surface area contributed by atoms with E-state index in [9.17, 15) is 14.4 Å². The summed E-state index contributed by atoms with van der Waals surface area (Å²) in [6.45, 7) is 16.9. The Bertz CT molecular complexity index is 784. The lowest BCUT2D eigenvalue weighted by molar-refractivity contribution is -0.142. The number of hydrogen-bond acceptors (Lipinski definition) is 4. The molecule has 1 aromatic rings. The summed E-state index contributed by atoms with van der Waals surface area (Å²) < 4.78 is 5.28. The molecule has 0 bridgehead atoms. The number of carbonyl (C=O) groups excluding carboxylic acids is 3. The normalized spacial score (nSPS) is 13.4. The lowest BCUT2D eigenvalue weighted by Crippen LogP contribution is -2.52. The van der Waals surface area contributed by atoms with E-state index >= 15 is 0 Å². The average Bonchev–Trinajstić information content (AvgIpc) is 2.61. The van der Waals surface area contributed by atoms with Crippen LogP contribution >= 0.6 is 0 Å². The molecule has 0 saturated carbocycles. The van der Waals surface area contributed by atoms with Crippen molar-refractivity contribution in [3.8, 4) is 0 Å². The number of nitrogens with one attached hydrogen (secondary N) is 2. The van der Waals surface area contributed by atoms with Crippen molar-refractivity contribution in [2.45, 2.75) is 92.5 Å². The Morgan fingerprint density at radius 2 is 1.68 bits per heavy atom. The Morgan fingerprint density at radius 1 is 1.06 bits per heavy atom. The number of hydrogen-bond donors (Lipinski definition) is 2. The quantitative estimate of drug-likeness (QED) is 0.648. The second-order valence-electron chi connectivity index (χ2n) is 9.25. The maximum absolute atomic E-state index is 13.4. The third-order valence-corrected chi connectivity index (χ3v) is 4.78. The van der Waals surface area contributed by atoms with Gasteiger partial charge in [0.1, 0.15) is 17.7 Å². The number of ether oxygens (including phenoxy) is 1. The van der Waals surface area contributed by atoms with E-state index in [2.05, 4.69) is 10.6 Å². The van der Waals surface area contributed by atoms with E-state index in [-0.39, 0.29) is 17.9 Å². The molecule has 0 spiro atoms. The van der Waals surface area contributed by atoms with Gasteiger partial charge < -0.3 is 20.3 Å². The molecule has 0 aliphatic heterocycles. The highest BCUT2D eigenvalue weighted by Gasteiger charge is 2.35. The molecule has 1 aromatic carbocycles. The number of alkyl carbamates (subject to hydrolysis) is 1. The lowest BCUT2D eigenvalue weighted by Gasteiger charge is -2.34. The Labute approximate surface area is 186 Å². The summed E-state index contributed by atoms with van der Waals surface area (Å²) in [5, 5.41) is 5.55. The van der Waals surface area contributed by atoms with Crippen molar-refractivity contribution < 1.29 is 19.1 Å². The van der Waals surface area contributed by atoms with Crippen LogP contribution in [0.2, 0.25) is 0 Å². The van der Waals surface area contributed by atoms with Crippen LogP contribution in [0, 0.1) is 13.8 Å². The van der Waals surface area contributed by atoms with Gasteiger partial charge in [-0.1, -0.05) is 25.1 Å². The van der Waals surface area contributed by atoms with Crippen molar-refractivity contribution in [3.63, 3.8) is 0 Å². The standard InChI is InChI=1S/C24H39N3O4/c1-10-14-27(22(29)18(6)26-23(30)31-24(7,8)9)20(21(28)25-15(2)3)19-13-11-12-16(4)17(19)5/h11-13,15,18,20H,10,14H2,1-9H3,(H,25,28)(H,26,30). The number of rotatable bonds is 8. The molecular formula is C24H39N3O4. The van der Waals surface area contributed by atoms with Gasteiger partial charge in [0.05, 0.1) is 0 Å². The molecule has 0 saturated heterocycles. The summed E-state index contributed by atoms with van der Waals surface area (Å²) in [7, 11) is 0. The summed E-state index contributed by atoms with van der Waals surface area (Å²) in [6, 6.07) is 4.04. The molecule has 2 N–H and O–H groups in total. The second-order valence-corrected chi connectivity index (χ2v) is 9.25. The predicted octanol–water partition coefficient (Wildman–Crippen LogP) is 4.02. The molecule has 0 heterocycles. The fraction of sp³-hybridized carbons (Fsp3) is 0.625. The highest BCUT2D eigenvalue weighted by molar-refractivity contribution is 5.92. The van der Waals surface area contributed by atoms with Crippen molar-refractivity contribution in [2.75, 3.05) is 6.54 Å². The molecule has 2 unspecified atom stereocenters. The smallest absolute Gasteiger partial charge is 0.408 e. The highest BCUT2D eigenvalue weighted by atomic mass is 16.6. The Balaban J connectivity index is 3.32. The van der Waals surface area contributed by atoms with Crippen LogP contribution < -0.4 is 10.6 Å². The Hall–Kier alpha value is -2.57. The number of benzene rings is 1. The minimum Gasteiger partial charge on any atom is -0.444 e. The zero-order valence-corrected chi connectivity index (χ0v) is 20.5. The van der Waals surface area contributed by atoms with Crippen molar-refractivity contribution in [1.82, 2.24) is 15.5 Å². The summed E-state index contributed by atoms with van der Waals surface area (Å²) >= 11 is 0. The van der Waals surface area contributed by atoms with Gasteiger partial charge >= 0.3 is 6.09 Å². The van der Waals surface area contributed by atoms with Gasteiger partial charge in [0.25, 0.3) is 0 Å². The Morgan fingerprint density at radius 3 is 2.19 bits per heavy atom. The maximum atomic E-state index is 13.4. The minimum atomic E-state index is -0.846. The molecule has 0 fully saturated rings. The zero-order valence-electron chi connectivity index (χ0n) is 20.5. The van der Waals surface area contributed by atoms with Crippen LogP contribution in [0.1, 0.15) is 77.6 Å². The van der Waals surface area contributed by atoms with Gasteiger partial charge in [-0.05, 0) is 78.5 Å². The SMILES string of the molecule is CCCN(C(=O)C(C)NC(=O)OC(C)(C)C)C(C(=O)NC(C)C)c1cccc(C)c1C. The van der Waals surface area contributed by atoms with Crippen LogP contribution in [0.5, 0.6) is 0 Å². The topological polar surface area (TPSA) is 87.7 Å². The largest absolute Gasteiger partial charge is 0.444 e. The van der Waals surface area contributed by atoms with Gasteiger partial charge in [-0.2, -0.15) is 0 Å². The van der Waals surface area contributed by atoms with Crippen LogP contribution in [0.25, 0.3) is 0 Å². The molecular weight excluding hydrogens is 394 g/mol. The molecule has 0 aromatic heterocycles. The van der Waals surface area contributed by atoms with Crippen molar-refractivity contribution in [2.24, 2.45) is 0 Å². The van der Waals surface area contributed by atoms with Crippen LogP contribution in [-0.4, -0.2) is 47.0 Å². The summed E-state index contributed by atoms with van der Waals surface area (Å²) in [5.41, 5.74) is 2.12. The van der Waals surface area contributed by atoms with Crippen LogP contribution in [0.15, 0.2) is 18.2 Å². The molecule has 3 amide bonds. The Kier molecular flexibility index (Phi) is 9.53. The summed E-state index contributed by atoms with van der Waals surface area (Å²) in [6.07, 6.45) is 0.000947. The summed E-state index contributed by atoms with van der Waals surface area (Å²) in [4.78, 5) is 40.4. The van der Waals surface area contributed by atoms with Gasteiger partial charge in [-0.3, -0.25) is 9.59 Å². The minimum absolute atomic E-state index is 0.0731. The highest BCUT2D eigenvalue weighted by Crippen LogP contribution is 2.27. The van der Waals surface area contributed by atoms with Gasteiger partial charge in [0, 0.05) is 12.6 Å². The van der Waals surface area contributed by atoms with Gasteiger partial charge in [-0.15, -0.1) is 0 Å². The first kappa shape index (κ1) is 26.5. The van der Waals surface area contributed by atoms with Crippen LogP contribution in [0.3, 0.4) is 0 Å². The molecule has 7 heteroatoms. The number of nitrogens with zero attached hydrogens (tertiary/aromatic N) is 1. The fourth-order valence-electron chi connectivity index (χ4n) is 3.29. The molecule has 0 aliphatic rings. The van der Waals surface area contributed by atoms with Gasteiger partial charge in [-0.25, -0.2) is 4.79 Å². The molecule has 2 atom stereocenters. The molecule has 0 aliphatic carbocycles. The van der Waals surface area contributed by atoms with Gasteiger partial charge in [0.2, 0.25) is 11.8 Å². The predicted molar refractivity (Wildman–Crippen MR) is 123 cm³/mol. The van der Waals surface area contributed by atoms with Crippen LogP contribution in [0.4, 0.5) is 4.79 Å². The number of amides is 3. The molecule has 174 valence electrons. The zero-order chi connectivity index (χ0) is 23.9. The molecule has 0 radical (unpaired) electrons. The van der Waals surface area contributed by atoms with E-state index in [1.54, 1.807) is 32.6 Å². The van der Waals surface area contributed by atoms with E-state index in [1.807, 2.05) is 52.8 Å². The van der Waals surface area contributed by atoms with Crippen LogP contribution in [-0.2, 0) is 14.3 Å². The van der Waals surface area contributed by atoms with Crippen molar-refractivity contribution in [1.29, 1.82) is 0 Å². The van der Waals surface area contributed by atoms with E-state index in [4.69, 9.17) is 4.74 Å². The van der Waals surface area contributed by atoms with Crippen molar-refractivity contribution >= 4 is 17.9 Å². The first-order chi connectivity index (χ1) is 14.3. The van der Waals surface area contributed by atoms with Crippen molar-refractivity contribution in [3.05, 3.63) is 34.9 Å². The van der Waals surface area contributed by atoms with E-state index in [1.165, 1.54) is 0 Å². The third kappa shape index (κ3) is 7.89. The first-order valence-corrected chi connectivity index (χ1v) is 10.9. The third-order valence-electron chi connectivity index (χ3n) is 4.78. The van der Waals surface area contributed by atoms with Gasteiger partial charge in [0.15, 0.2) is 0 Å².